The third-order valence-electron chi connectivity index (χ3n) is 5.40. The lowest BCUT2D eigenvalue weighted by Gasteiger charge is -2.24. The van der Waals surface area contributed by atoms with Crippen molar-refractivity contribution in [1.82, 2.24) is 5.32 Å². The van der Waals surface area contributed by atoms with Gasteiger partial charge in [-0.25, -0.2) is 8.42 Å². The third-order valence-corrected chi connectivity index (χ3v) is 6.99. The molecule has 1 N–H and O–H groups in total. The van der Waals surface area contributed by atoms with E-state index >= 15 is 0 Å². The normalized spacial score (nSPS) is 12.5. The SMILES string of the molecule is Cc1cc(C)c(C(C)NC(=O)CCCN(c2cccc(Cl)c2C)S(C)(=O)=O)cc1C. The second kappa shape index (κ2) is 9.84. The number of benzene rings is 2. The van der Waals surface area contributed by atoms with Gasteiger partial charge in [0.1, 0.15) is 0 Å². The predicted octanol–water partition coefficient (Wildman–Crippen LogP) is 5.00. The van der Waals surface area contributed by atoms with Crippen molar-refractivity contribution in [3.63, 3.8) is 0 Å². The van der Waals surface area contributed by atoms with Gasteiger partial charge in [0.15, 0.2) is 0 Å². The van der Waals surface area contributed by atoms with Crippen LogP contribution in [0, 0.1) is 27.7 Å². The van der Waals surface area contributed by atoms with Gasteiger partial charge in [0.25, 0.3) is 0 Å². The summed E-state index contributed by atoms with van der Waals surface area (Å²) in [5.74, 6) is -0.101. The number of sulfonamides is 1. The maximum absolute atomic E-state index is 12.5. The van der Waals surface area contributed by atoms with E-state index in [1.807, 2.05) is 13.8 Å². The number of anilines is 1. The lowest BCUT2D eigenvalue weighted by molar-refractivity contribution is -0.121. The number of hydrogen-bond acceptors (Lipinski definition) is 3. The highest BCUT2D eigenvalue weighted by molar-refractivity contribution is 7.92. The molecule has 0 aromatic heterocycles. The van der Waals surface area contributed by atoms with Crippen LogP contribution in [0.4, 0.5) is 5.69 Å². The van der Waals surface area contributed by atoms with Crippen LogP contribution in [0.15, 0.2) is 30.3 Å². The molecule has 2 rings (SSSR count). The van der Waals surface area contributed by atoms with Crippen molar-refractivity contribution in [3.8, 4) is 0 Å². The fourth-order valence-corrected chi connectivity index (χ4v) is 4.74. The molecule has 5 nitrogen and oxygen atoms in total. The van der Waals surface area contributed by atoms with Gasteiger partial charge in [0.05, 0.1) is 18.0 Å². The molecule has 0 bridgehead atoms. The molecule has 30 heavy (non-hydrogen) atoms. The van der Waals surface area contributed by atoms with Gasteiger partial charge in [-0.1, -0.05) is 29.8 Å². The second-order valence-corrected chi connectivity index (χ2v) is 10.2. The zero-order chi connectivity index (χ0) is 22.6. The van der Waals surface area contributed by atoms with Crippen molar-refractivity contribution in [2.45, 2.75) is 53.5 Å². The Morgan fingerprint density at radius 1 is 1.10 bits per heavy atom. The number of nitrogens with one attached hydrogen (secondary N) is 1. The van der Waals surface area contributed by atoms with Crippen LogP contribution in [0.1, 0.15) is 53.6 Å². The second-order valence-electron chi connectivity index (χ2n) is 7.90. The van der Waals surface area contributed by atoms with Crippen molar-refractivity contribution >= 4 is 33.2 Å². The third kappa shape index (κ3) is 5.99. The van der Waals surface area contributed by atoms with Crippen LogP contribution in [0.3, 0.4) is 0 Å². The molecule has 2 aromatic rings. The smallest absolute Gasteiger partial charge is 0.232 e. The molecule has 0 aliphatic rings. The van der Waals surface area contributed by atoms with Gasteiger partial charge in [0.2, 0.25) is 15.9 Å². The Hall–Kier alpha value is -2.05. The van der Waals surface area contributed by atoms with Crippen LogP contribution in [-0.2, 0) is 14.8 Å². The molecule has 0 aliphatic heterocycles. The van der Waals surface area contributed by atoms with Crippen LogP contribution in [0.25, 0.3) is 0 Å². The van der Waals surface area contributed by atoms with E-state index in [1.165, 1.54) is 15.4 Å². The molecule has 0 heterocycles. The average molecular weight is 451 g/mol. The molecule has 0 saturated carbocycles. The maximum atomic E-state index is 12.5. The molecule has 7 heteroatoms. The van der Waals surface area contributed by atoms with E-state index in [9.17, 15) is 13.2 Å². The minimum Gasteiger partial charge on any atom is -0.350 e. The van der Waals surface area contributed by atoms with Crippen LogP contribution < -0.4 is 9.62 Å². The van der Waals surface area contributed by atoms with Crippen LogP contribution in [0.5, 0.6) is 0 Å². The highest BCUT2D eigenvalue weighted by Gasteiger charge is 2.20. The first kappa shape index (κ1) is 24.2. The van der Waals surface area contributed by atoms with Gasteiger partial charge in [0, 0.05) is 18.0 Å². The number of amides is 1. The van der Waals surface area contributed by atoms with Gasteiger partial charge >= 0.3 is 0 Å². The Morgan fingerprint density at radius 2 is 1.73 bits per heavy atom. The summed E-state index contributed by atoms with van der Waals surface area (Å²) in [5.41, 5.74) is 5.91. The van der Waals surface area contributed by atoms with E-state index in [1.54, 1.807) is 25.1 Å². The highest BCUT2D eigenvalue weighted by atomic mass is 35.5. The summed E-state index contributed by atoms with van der Waals surface area (Å²) >= 11 is 6.16. The summed E-state index contributed by atoms with van der Waals surface area (Å²) in [6.07, 6.45) is 1.81. The molecular formula is C23H31ClN2O3S. The minimum atomic E-state index is -3.49. The Morgan fingerprint density at radius 3 is 2.37 bits per heavy atom. The van der Waals surface area contributed by atoms with Crippen molar-refractivity contribution in [2.75, 3.05) is 17.1 Å². The molecule has 1 unspecified atom stereocenters. The van der Waals surface area contributed by atoms with Crippen molar-refractivity contribution < 1.29 is 13.2 Å². The summed E-state index contributed by atoms with van der Waals surface area (Å²) in [5, 5.41) is 3.54. The zero-order valence-electron chi connectivity index (χ0n) is 18.5. The fraction of sp³-hybridized carbons (Fsp3) is 0.435. The Bertz CT molecular complexity index is 1030. The summed E-state index contributed by atoms with van der Waals surface area (Å²) < 4.78 is 25.9. The average Bonchev–Trinajstić information content (AvgIpc) is 2.63. The Labute approximate surface area is 185 Å². The number of halogens is 1. The number of hydrogen-bond donors (Lipinski definition) is 1. The molecule has 0 spiro atoms. The van der Waals surface area contributed by atoms with Crippen molar-refractivity contribution in [2.24, 2.45) is 0 Å². The first-order chi connectivity index (χ1) is 13.9. The number of nitrogens with zero attached hydrogens (tertiary/aromatic N) is 1. The standard InChI is InChI=1S/C23H31ClN2O3S/c1-15-13-17(3)20(14-16(15)2)19(5)25-23(27)11-8-12-26(30(6,28)29)22-10-7-9-21(24)18(22)4/h7,9-10,13-14,19H,8,11-12H2,1-6H3,(H,25,27). The monoisotopic (exact) mass is 450 g/mol. The van der Waals surface area contributed by atoms with Crippen molar-refractivity contribution in [3.05, 3.63) is 63.2 Å². The Kier molecular flexibility index (Phi) is 7.94. The van der Waals surface area contributed by atoms with E-state index in [-0.39, 0.29) is 24.9 Å². The molecule has 0 aliphatic carbocycles. The summed E-state index contributed by atoms with van der Waals surface area (Å²) in [6.45, 7) is 10.1. The minimum absolute atomic E-state index is 0.101. The molecule has 164 valence electrons. The number of rotatable bonds is 8. The van der Waals surface area contributed by atoms with Crippen LogP contribution >= 0.6 is 11.6 Å². The quantitative estimate of drug-likeness (QED) is 0.615. The largest absolute Gasteiger partial charge is 0.350 e. The van der Waals surface area contributed by atoms with E-state index in [0.29, 0.717) is 22.7 Å². The van der Waals surface area contributed by atoms with E-state index < -0.39 is 10.0 Å². The number of aryl methyl sites for hydroxylation is 3. The van der Waals surface area contributed by atoms with E-state index in [0.717, 1.165) is 17.4 Å². The number of carbonyl (C=O) groups is 1. The summed E-state index contributed by atoms with van der Waals surface area (Å²) in [7, 11) is -3.49. The van der Waals surface area contributed by atoms with Gasteiger partial charge in [-0.05, 0) is 81.0 Å². The van der Waals surface area contributed by atoms with Crippen LogP contribution in [-0.4, -0.2) is 27.1 Å². The highest BCUT2D eigenvalue weighted by Crippen LogP contribution is 2.28. The molecular weight excluding hydrogens is 420 g/mol. The summed E-state index contributed by atoms with van der Waals surface area (Å²) in [4.78, 5) is 12.5. The molecule has 0 radical (unpaired) electrons. The van der Waals surface area contributed by atoms with Gasteiger partial charge in [-0.2, -0.15) is 0 Å². The molecule has 1 atom stereocenters. The Balaban J connectivity index is 2.03. The van der Waals surface area contributed by atoms with Gasteiger partial charge in [-0.15, -0.1) is 0 Å². The molecule has 0 saturated heterocycles. The number of carbonyl (C=O) groups excluding carboxylic acids is 1. The topological polar surface area (TPSA) is 66.5 Å². The van der Waals surface area contributed by atoms with Crippen molar-refractivity contribution in [1.29, 1.82) is 0 Å². The lowest BCUT2D eigenvalue weighted by Crippen LogP contribution is -2.33. The van der Waals surface area contributed by atoms with Gasteiger partial charge < -0.3 is 5.32 Å². The van der Waals surface area contributed by atoms with Gasteiger partial charge in [-0.3, -0.25) is 9.10 Å². The zero-order valence-corrected chi connectivity index (χ0v) is 20.1. The molecule has 0 fully saturated rings. The first-order valence-corrected chi connectivity index (χ1v) is 12.2. The maximum Gasteiger partial charge on any atom is 0.232 e. The van der Waals surface area contributed by atoms with Crippen LogP contribution in [0.2, 0.25) is 5.02 Å². The van der Waals surface area contributed by atoms with E-state index in [2.05, 4.69) is 31.3 Å². The summed E-state index contributed by atoms with van der Waals surface area (Å²) in [6, 6.07) is 9.31. The molecule has 1 amide bonds. The first-order valence-electron chi connectivity index (χ1n) is 10.0. The predicted molar refractivity (Wildman–Crippen MR) is 125 cm³/mol. The fourth-order valence-electron chi connectivity index (χ4n) is 3.56. The molecule has 2 aromatic carbocycles. The van der Waals surface area contributed by atoms with E-state index in [4.69, 9.17) is 11.6 Å². The lowest BCUT2D eigenvalue weighted by atomic mass is 9.96.